The van der Waals surface area contributed by atoms with Crippen molar-refractivity contribution >= 4 is 17.6 Å². The molecule has 0 saturated heterocycles. The molecule has 0 fully saturated rings. The summed E-state index contributed by atoms with van der Waals surface area (Å²) in [4.78, 5) is 21.6. The molecule has 0 N–H and O–H groups in total. The average molecular weight is 203 g/mol. The van der Waals surface area contributed by atoms with Crippen molar-refractivity contribution in [1.82, 2.24) is 4.90 Å². The Morgan fingerprint density at radius 1 is 1.33 bits per heavy atom. The smallest absolute Gasteiger partial charge is 0.281 e. The Bertz CT molecular complexity index is 422. The van der Waals surface area contributed by atoms with Crippen LogP contribution in [0.2, 0.25) is 0 Å². The number of amides is 1. The van der Waals surface area contributed by atoms with Crippen LogP contribution in [0.3, 0.4) is 0 Å². The highest BCUT2D eigenvalue weighted by Crippen LogP contribution is 2.16. The molecule has 0 atom stereocenters. The number of amidine groups is 2. The van der Waals surface area contributed by atoms with E-state index in [1.165, 1.54) is 0 Å². The van der Waals surface area contributed by atoms with E-state index in [1.807, 2.05) is 32.9 Å². The highest BCUT2D eigenvalue weighted by Gasteiger charge is 2.30. The Balaban J connectivity index is 2.38. The standard InChI is InChI=1S/C11H13N3O/c1-11(2,3)13-9-10(15)12-8-6-4-5-7-14(8)9/h4-7H,1-3H3. The first-order chi connectivity index (χ1) is 6.97. The van der Waals surface area contributed by atoms with Gasteiger partial charge in [0.2, 0.25) is 5.84 Å². The monoisotopic (exact) mass is 203 g/mol. The average Bonchev–Trinajstić information content (AvgIpc) is 2.41. The predicted octanol–water partition coefficient (Wildman–Crippen LogP) is 1.51. The van der Waals surface area contributed by atoms with E-state index in [1.54, 1.807) is 17.2 Å². The summed E-state index contributed by atoms with van der Waals surface area (Å²) in [7, 11) is 0. The van der Waals surface area contributed by atoms with Crippen molar-refractivity contribution in [1.29, 1.82) is 0 Å². The number of hydrogen-bond donors (Lipinski definition) is 0. The van der Waals surface area contributed by atoms with Crippen molar-refractivity contribution < 1.29 is 4.79 Å². The summed E-state index contributed by atoms with van der Waals surface area (Å²) in [5.41, 5.74) is -0.273. The van der Waals surface area contributed by atoms with Crippen molar-refractivity contribution in [3.05, 3.63) is 24.4 Å². The lowest BCUT2D eigenvalue weighted by molar-refractivity contribution is -0.111. The van der Waals surface area contributed by atoms with Crippen LogP contribution < -0.4 is 0 Å². The second-order valence-electron chi connectivity index (χ2n) is 4.45. The molecule has 2 aliphatic rings. The van der Waals surface area contributed by atoms with Gasteiger partial charge in [0, 0.05) is 6.20 Å². The molecular weight excluding hydrogens is 190 g/mol. The maximum atomic E-state index is 11.6. The predicted molar refractivity (Wildman–Crippen MR) is 59.7 cm³/mol. The molecule has 0 aromatic rings. The van der Waals surface area contributed by atoms with Crippen LogP contribution in [0.1, 0.15) is 20.8 Å². The van der Waals surface area contributed by atoms with Crippen molar-refractivity contribution in [2.45, 2.75) is 26.3 Å². The van der Waals surface area contributed by atoms with Crippen molar-refractivity contribution in [3.63, 3.8) is 0 Å². The fourth-order valence-corrected chi connectivity index (χ4v) is 1.38. The number of hydrogen-bond acceptors (Lipinski definition) is 2. The van der Waals surface area contributed by atoms with Gasteiger partial charge >= 0.3 is 5.91 Å². The summed E-state index contributed by atoms with van der Waals surface area (Å²) in [6.45, 7) is 5.86. The molecule has 0 unspecified atom stereocenters. The van der Waals surface area contributed by atoms with Gasteiger partial charge in [0.05, 0.1) is 5.54 Å². The molecule has 2 rings (SSSR count). The Morgan fingerprint density at radius 3 is 2.73 bits per heavy atom. The number of rotatable bonds is 0. The first-order valence-corrected chi connectivity index (χ1v) is 4.84. The van der Waals surface area contributed by atoms with Gasteiger partial charge in [-0.1, -0.05) is 6.08 Å². The normalized spacial score (nSPS) is 22.3. The Hall–Kier alpha value is -1.71. The van der Waals surface area contributed by atoms with E-state index in [4.69, 9.17) is 0 Å². The summed E-state index contributed by atoms with van der Waals surface area (Å²) in [5.74, 6) is 0.778. The van der Waals surface area contributed by atoms with Crippen LogP contribution in [0.5, 0.6) is 0 Å². The van der Waals surface area contributed by atoms with Gasteiger partial charge in [-0.05, 0) is 32.9 Å². The fraction of sp³-hybridized carbons (Fsp3) is 0.364. The lowest BCUT2D eigenvalue weighted by Gasteiger charge is -2.19. The van der Waals surface area contributed by atoms with Gasteiger partial charge in [-0.15, -0.1) is 0 Å². The third-order valence-electron chi connectivity index (χ3n) is 1.92. The molecule has 78 valence electrons. The topological polar surface area (TPSA) is 45.0 Å². The lowest BCUT2D eigenvalue weighted by Crippen LogP contribution is -2.31. The molecule has 1 amide bonds. The Labute approximate surface area is 88.7 Å². The zero-order valence-electron chi connectivity index (χ0n) is 9.06. The maximum Gasteiger partial charge on any atom is 0.314 e. The highest BCUT2D eigenvalue weighted by molar-refractivity contribution is 6.47. The lowest BCUT2D eigenvalue weighted by atomic mass is 10.1. The molecule has 4 nitrogen and oxygen atoms in total. The minimum absolute atomic E-state index is 0.267. The van der Waals surface area contributed by atoms with Crippen LogP contribution in [-0.4, -0.2) is 28.0 Å². The minimum atomic E-state index is -0.273. The van der Waals surface area contributed by atoms with Crippen LogP contribution in [0.4, 0.5) is 0 Å². The largest absolute Gasteiger partial charge is 0.314 e. The first-order valence-electron chi connectivity index (χ1n) is 4.84. The number of aliphatic imine (C=N–C) groups is 2. The molecule has 15 heavy (non-hydrogen) atoms. The van der Waals surface area contributed by atoms with E-state index in [9.17, 15) is 4.79 Å². The second kappa shape index (κ2) is 3.15. The van der Waals surface area contributed by atoms with E-state index in [0.29, 0.717) is 11.7 Å². The van der Waals surface area contributed by atoms with Gasteiger partial charge in [-0.3, -0.25) is 14.7 Å². The number of nitrogens with zero attached hydrogens (tertiary/aromatic N) is 3. The maximum absolute atomic E-state index is 11.6. The van der Waals surface area contributed by atoms with E-state index >= 15 is 0 Å². The molecule has 4 heteroatoms. The molecule has 0 aromatic heterocycles. The van der Waals surface area contributed by atoms with Crippen molar-refractivity contribution in [3.8, 4) is 0 Å². The van der Waals surface area contributed by atoms with Crippen LogP contribution >= 0.6 is 0 Å². The Morgan fingerprint density at radius 2 is 2.07 bits per heavy atom. The molecule has 2 aliphatic heterocycles. The third kappa shape index (κ3) is 1.88. The number of fused-ring (bicyclic) bond motifs is 1. The molecule has 2 heterocycles. The van der Waals surface area contributed by atoms with E-state index in [-0.39, 0.29) is 11.4 Å². The molecule has 0 spiro atoms. The zero-order chi connectivity index (χ0) is 11.1. The van der Waals surface area contributed by atoms with Gasteiger partial charge in [0.25, 0.3) is 0 Å². The zero-order valence-corrected chi connectivity index (χ0v) is 9.06. The fourth-order valence-electron chi connectivity index (χ4n) is 1.38. The van der Waals surface area contributed by atoms with Crippen molar-refractivity contribution in [2.75, 3.05) is 0 Å². The van der Waals surface area contributed by atoms with Crippen LogP contribution in [-0.2, 0) is 4.79 Å². The first kappa shape index (κ1) is 9.83. The van der Waals surface area contributed by atoms with E-state index in [2.05, 4.69) is 9.98 Å². The second-order valence-corrected chi connectivity index (χ2v) is 4.45. The van der Waals surface area contributed by atoms with E-state index < -0.39 is 0 Å². The molecule has 0 radical (unpaired) electrons. The van der Waals surface area contributed by atoms with Gasteiger partial charge < -0.3 is 0 Å². The van der Waals surface area contributed by atoms with Gasteiger partial charge in [0.15, 0.2) is 0 Å². The van der Waals surface area contributed by atoms with Crippen LogP contribution in [0, 0.1) is 0 Å². The number of carbonyl (C=O) groups excluding carboxylic acids is 1. The quantitative estimate of drug-likeness (QED) is 0.599. The molecule has 0 aliphatic carbocycles. The molecule has 0 aromatic carbocycles. The molecule has 0 bridgehead atoms. The summed E-state index contributed by atoms with van der Waals surface area (Å²) >= 11 is 0. The van der Waals surface area contributed by atoms with Gasteiger partial charge in [-0.25, -0.2) is 0 Å². The van der Waals surface area contributed by atoms with E-state index in [0.717, 1.165) is 0 Å². The summed E-state index contributed by atoms with van der Waals surface area (Å²) in [6.07, 6.45) is 7.30. The Kier molecular flexibility index (Phi) is 2.07. The number of allylic oxidation sites excluding steroid dienone is 2. The molecular formula is C11H13N3O. The van der Waals surface area contributed by atoms with Crippen LogP contribution in [0.15, 0.2) is 34.4 Å². The van der Waals surface area contributed by atoms with Gasteiger partial charge in [-0.2, -0.15) is 4.99 Å². The minimum Gasteiger partial charge on any atom is -0.281 e. The highest BCUT2D eigenvalue weighted by atomic mass is 16.2. The molecule has 0 saturated carbocycles. The third-order valence-corrected chi connectivity index (χ3v) is 1.92. The SMILES string of the molecule is CC(C)(C)N=C1C(=O)N=C2C=CC=CN21. The van der Waals surface area contributed by atoms with Crippen molar-refractivity contribution in [2.24, 2.45) is 9.98 Å². The summed E-state index contributed by atoms with van der Waals surface area (Å²) in [6, 6.07) is 0. The van der Waals surface area contributed by atoms with Crippen LogP contribution in [0.25, 0.3) is 0 Å². The van der Waals surface area contributed by atoms with Gasteiger partial charge in [0.1, 0.15) is 5.84 Å². The summed E-state index contributed by atoms with van der Waals surface area (Å²) in [5, 5.41) is 0. The number of carbonyl (C=O) groups is 1. The summed E-state index contributed by atoms with van der Waals surface area (Å²) < 4.78 is 0.